The predicted molar refractivity (Wildman–Crippen MR) is 249 cm³/mol. The fourth-order valence-electron chi connectivity index (χ4n) is 8.19. The number of benzene rings is 8. The van der Waals surface area contributed by atoms with E-state index in [0.29, 0.717) is 0 Å². The first-order valence-corrected chi connectivity index (χ1v) is 22.8. The molecule has 8 rings (SSSR count). The Balaban J connectivity index is 1.78. The monoisotopic (exact) mass is 758 g/mol. The van der Waals surface area contributed by atoms with E-state index in [9.17, 15) is 0 Å². The molecular weight excluding hydrogens is 713 g/mol. The van der Waals surface area contributed by atoms with Gasteiger partial charge in [-0.25, -0.2) is 0 Å². The molecule has 0 radical (unpaired) electrons. The second-order valence-electron chi connectivity index (χ2n) is 14.0. The van der Waals surface area contributed by atoms with E-state index in [1.54, 1.807) is 0 Å². The lowest BCUT2D eigenvalue weighted by atomic mass is 10.1. The summed E-state index contributed by atoms with van der Waals surface area (Å²) in [5.74, 6) is 0. The van der Waals surface area contributed by atoms with E-state index < -0.39 is 14.1 Å². The minimum absolute atomic E-state index is 1.12. The van der Waals surface area contributed by atoms with Crippen molar-refractivity contribution in [1.29, 1.82) is 0 Å². The number of nitrogens with zero attached hydrogens (tertiary/aromatic N) is 1. The first-order valence-electron chi connectivity index (χ1n) is 19.2. The SMILES string of the molecule is CC(C)=C(C(=P(c1ccccc1)(c1ccccc1)c1ccccc1)[P+](c1ccccc1)(c1ccccc1)c1ccccc1)N(c1ccccc1)c1ccccc1. The molecule has 0 atom stereocenters. The normalized spacial score (nSPS) is 11.4. The van der Waals surface area contributed by atoms with Gasteiger partial charge in [0.2, 0.25) is 0 Å². The van der Waals surface area contributed by atoms with Crippen LogP contribution in [0, 0.1) is 0 Å². The lowest BCUT2D eigenvalue weighted by molar-refractivity contribution is 1.18. The minimum Gasteiger partial charge on any atom is -0.307 e. The summed E-state index contributed by atoms with van der Waals surface area (Å²) in [5, 5.41) is 9.36. The maximum Gasteiger partial charge on any atom is 0.147 e. The van der Waals surface area contributed by atoms with Crippen molar-refractivity contribution < 1.29 is 0 Å². The molecule has 0 aliphatic heterocycles. The second-order valence-corrected chi connectivity index (χ2v) is 21.1. The molecule has 8 aromatic rings. The molecule has 272 valence electrons. The van der Waals surface area contributed by atoms with Crippen molar-refractivity contribution >= 4 is 62.4 Å². The summed E-state index contributed by atoms with van der Waals surface area (Å²) in [4.78, 5) is 2.55. The van der Waals surface area contributed by atoms with Crippen LogP contribution < -0.4 is 36.7 Å². The quantitative estimate of drug-likeness (QED) is 0.119. The molecule has 1 nitrogen and oxygen atoms in total. The second kappa shape index (κ2) is 16.8. The van der Waals surface area contributed by atoms with Crippen LogP contribution in [0.3, 0.4) is 0 Å². The Morgan fingerprint density at radius 3 is 0.857 bits per heavy atom. The molecule has 56 heavy (non-hydrogen) atoms. The van der Waals surface area contributed by atoms with Gasteiger partial charge in [-0.1, -0.05) is 182 Å². The molecule has 0 saturated heterocycles. The molecule has 0 fully saturated rings. The van der Waals surface area contributed by atoms with Crippen molar-refractivity contribution in [2.45, 2.75) is 13.8 Å². The van der Waals surface area contributed by atoms with Crippen LogP contribution in [0.25, 0.3) is 0 Å². The Kier molecular flexibility index (Phi) is 11.1. The summed E-state index contributed by atoms with van der Waals surface area (Å²) in [5.41, 5.74) is 4.71. The molecule has 0 aliphatic rings. The molecule has 8 aromatic carbocycles. The molecule has 3 heteroatoms. The van der Waals surface area contributed by atoms with E-state index in [1.807, 2.05) is 0 Å². The van der Waals surface area contributed by atoms with Gasteiger partial charge in [-0.2, -0.15) is 0 Å². The first kappa shape index (κ1) is 37.0. The van der Waals surface area contributed by atoms with E-state index in [4.69, 9.17) is 0 Å². The molecule has 0 spiro atoms. The van der Waals surface area contributed by atoms with Crippen molar-refractivity contribution in [3.63, 3.8) is 0 Å². The van der Waals surface area contributed by atoms with Crippen LogP contribution in [-0.4, -0.2) is 5.03 Å². The number of anilines is 2. The zero-order chi connectivity index (χ0) is 38.2. The number of para-hydroxylation sites is 2. The maximum absolute atomic E-state index is 2.82. The van der Waals surface area contributed by atoms with Gasteiger partial charge in [-0.15, -0.1) is 0 Å². The van der Waals surface area contributed by atoms with E-state index in [1.165, 1.54) is 48.1 Å². The first-order chi connectivity index (χ1) is 27.7. The van der Waals surface area contributed by atoms with Crippen LogP contribution in [-0.2, 0) is 0 Å². The molecule has 0 unspecified atom stereocenters. The summed E-state index contributed by atoms with van der Waals surface area (Å²) in [6.07, 6.45) is 0. The van der Waals surface area contributed by atoms with Crippen molar-refractivity contribution in [2.24, 2.45) is 0 Å². The summed E-state index contributed by atoms with van der Waals surface area (Å²) in [7, 11) is -2.82. The van der Waals surface area contributed by atoms with Crippen molar-refractivity contribution in [1.82, 2.24) is 0 Å². The average molecular weight is 759 g/mol. The summed E-state index contributed by atoms with van der Waals surface area (Å²) in [6, 6.07) is 90.3. The van der Waals surface area contributed by atoms with E-state index in [-0.39, 0.29) is 0 Å². The highest BCUT2D eigenvalue weighted by Gasteiger charge is 2.57. The lowest BCUT2D eigenvalue weighted by Gasteiger charge is -2.42. The number of hydrogen-bond acceptors (Lipinski definition) is 1. The highest BCUT2D eigenvalue weighted by molar-refractivity contribution is 8.21. The third-order valence-electron chi connectivity index (χ3n) is 10.4. The highest BCUT2D eigenvalue weighted by Crippen LogP contribution is 2.68. The van der Waals surface area contributed by atoms with Crippen LogP contribution in [0.1, 0.15) is 13.8 Å². The van der Waals surface area contributed by atoms with E-state index >= 15 is 0 Å². The molecule has 0 saturated carbocycles. The fraction of sp³-hybridized carbons (Fsp3) is 0.0377. The fourth-order valence-corrected chi connectivity index (χ4v) is 20.3. The van der Waals surface area contributed by atoms with Gasteiger partial charge in [0, 0.05) is 18.3 Å². The molecule has 0 heterocycles. The minimum atomic E-state index is -2.82. The van der Waals surface area contributed by atoms with E-state index in [0.717, 1.165) is 11.4 Å². The summed E-state index contributed by atoms with van der Waals surface area (Å²) in [6.45, 7) is 1.82. The smallest absolute Gasteiger partial charge is 0.147 e. The van der Waals surface area contributed by atoms with Crippen LogP contribution in [0.15, 0.2) is 254 Å². The third-order valence-corrected chi connectivity index (χ3v) is 20.4. The zero-order valence-electron chi connectivity index (χ0n) is 31.9. The van der Waals surface area contributed by atoms with Gasteiger partial charge in [0.05, 0.1) is 5.70 Å². The van der Waals surface area contributed by atoms with Gasteiger partial charge >= 0.3 is 0 Å². The van der Waals surface area contributed by atoms with E-state index in [2.05, 4.69) is 261 Å². The van der Waals surface area contributed by atoms with Gasteiger partial charge in [0.1, 0.15) is 28.2 Å². The molecule has 0 aromatic heterocycles. The number of rotatable bonds is 11. The van der Waals surface area contributed by atoms with Crippen molar-refractivity contribution in [2.75, 3.05) is 4.90 Å². The van der Waals surface area contributed by atoms with Gasteiger partial charge in [-0.3, -0.25) is 0 Å². The Morgan fingerprint density at radius 1 is 0.339 bits per heavy atom. The Morgan fingerprint density at radius 2 is 0.589 bits per heavy atom. The lowest BCUT2D eigenvalue weighted by Crippen LogP contribution is -2.44. The average Bonchev–Trinajstić information content (AvgIpc) is 3.28. The highest BCUT2D eigenvalue weighted by atomic mass is 31.2. The largest absolute Gasteiger partial charge is 0.307 e. The topological polar surface area (TPSA) is 3.24 Å². The van der Waals surface area contributed by atoms with Gasteiger partial charge < -0.3 is 4.90 Å². The van der Waals surface area contributed by atoms with Crippen molar-refractivity contribution in [3.05, 3.63) is 254 Å². The predicted octanol–water partition coefficient (Wildman–Crippen LogP) is 11.2. The van der Waals surface area contributed by atoms with Crippen LogP contribution in [0.4, 0.5) is 11.4 Å². The Labute approximate surface area is 333 Å². The number of allylic oxidation sites excluding steroid dienone is 2. The standard InChI is InChI=1S/C53H46NP2/c1-43(2)52(54(44-27-11-3-12-28-44)45-29-13-4-14-30-45)53(55(46-31-15-5-16-32-46,47-33-17-6-18-34-47)48-35-19-7-20-36-48)56(49-37-21-8-22-38-49,50-39-23-9-24-40-50)51-41-25-10-26-42-51/h3-42H,1-2H3/q+1. The molecule has 0 N–H and O–H groups in total. The maximum atomic E-state index is 2.55. The third kappa shape index (κ3) is 6.69. The molecular formula is C53H46NP2+. The Bertz CT molecular complexity index is 2310. The summed E-state index contributed by atoms with van der Waals surface area (Å²) < 4.78 is 0. The molecule has 0 amide bonds. The summed E-state index contributed by atoms with van der Waals surface area (Å²) >= 11 is 0. The van der Waals surface area contributed by atoms with Gasteiger partial charge in [-0.05, 0) is 96.0 Å². The zero-order valence-corrected chi connectivity index (χ0v) is 33.7. The number of hydrogen-bond donors (Lipinski definition) is 0. The van der Waals surface area contributed by atoms with Crippen LogP contribution >= 0.6 is 14.1 Å². The molecule has 0 aliphatic carbocycles. The molecule has 0 bridgehead atoms. The van der Waals surface area contributed by atoms with Crippen LogP contribution in [0.2, 0.25) is 0 Å². The van der Waals surface area contributed by atoms with Gasteiger partial charge in [0.25, 0.3) is 0 Å². The van der Waals surface area contributed by atoms with Crippen LogP contribution in [0.5, 0.6) is 0 Å². The van der Waals surface area contributed by atoms with Crippen molar-refractivity contribution in [3.8, 4) is 0 Å². The Hall–Kier alpha value is -5.97. The van der Waals surface area contributed by atoms with Gasteiger partial charge in [0.15, 0.2) is 0 Å².